The molecule has 0 saturated heterocycles. The SMILES string of the molecule is OCc1cnc2sc(Cc3cccc4ccccc34)cn12. The average molecular weight is 294 g/mol. The maximum absolute atomic E-state index is 9.31. The van der Waals surface area contributed by atoms with Gasteiger partial charge < -0.3 is 5.11 Å². The summed E-state index contributed by atoms with van der Waals surface area (Å²) in [5, 5.41) is 11.9. The van der Waals surface area contributed by atoms with Crippen LogP contribution in [0.2, 0.25) is 0 Å². The van der Waals surface area contributed by atoms with Crippen LogP contribution in [-0.4, -0.2) is 14.5 Å². The smallest absolute Gasteiger partial charge is 0.194 e. The number of rotatable bonds is 3. The highest BCUT2D eigenvalue weighted by atomic mass is 32.1. The minimum Gasteiger partial charge on any atom is -0.390 e. The van der Waals surface area contributed by atoms with Gasteiger partial charge in [-0.15, -0.1) is 11.3 Å². The molecule has 0 saturated carbocycles. The van der Waals surface area contributed by atoms with E-state index in [0.29, 0.717) is 0 Å². The Kier molecular flexibility index (Phi) is 2.98. The summed E-state index contributed by atoms with van der Waals surface area (Å²) in [5.41, 5.74) is 2.16. The highest BCUT2D eigenvalue weighted by molar-refractivity contribution is 7.17. The third-order valence-electron chi connectivity index (χ3n) is 3.74. The topological polar surface area (TPSA) is 37.5 Å². The van der Waals surface area contributed by atoms with Crippen LogP contribution in [0, 0.1) is 0 Å². The lowest BCUT2D eigenvalue weighted by atomic mass is 10.0. The lowest BCUT2D eigenvalue weighted by Gasteiger charge is -2.04. The molecule has 0 bridgehead atoms. The molecule has 0 spiro atoms. The Hall–Kier alpha value is -2.17. The monoisotopic (exact) mass is 294 g/mol. The van der Waals surface area contributed by atoms with E-state index in [1.807, 2.05) is 4.40 Å². The Morgan fingerprint density at radius 2 is 1.95 bits per heavy atom. The zero-order valence-electron chi connectivity index (χ0n) is 11.4. The molecule has 0 amide bonds. The molecule has 2 heterocycles. The van der Waals surface area contributed by atoms with Crippen molar-refractivity contribution in [2.24, 2.45) is 0 Å². The van der Waals surface area contributed by atoms with Gasteiger partial charge in [-0.25, -0.2) is 4.98 Å². The number of aliphatic hydroxyl groups is 1. The van der Waals surface area contributed by atoms with Crippen LogP contribution in [0.4, 0.5) is 0 Å². The molecular weight excluding hydrogens is 280 g/mol. The molecule has 0 aliphatic rings. The number of aliphatic hydroxyl groups excluding tert-OH is 1. The van der Waals surface area contributed by atoms with Crippen LogP contribution >= 0.6 is 11.3 Å². The van der Waals surface area contributed by atoms with Crippen molar-refractivity contribution in [1.82, 2.24) is 9.38 Å². The van der Waals surface area contributed by atoms with Crippen LogP contribution in [0.25, 0.3) is 15.7 Å². The molecule has 4 heteroatoms. The molecule has 104 valence electrons. The summed E-state index contributed by atoms with van der Waals surface area (Å²) >= 11 is 1.68. The van der Waals surface area contributed by atoms with E-state index in [-0.39, 0.29) is 6.61 Å². The summed E-state index contributed by atoms with van der Waals surface area (Å²) in [5.74, 6) is 0. The Bertz CT molecular complexity index is 917. The van der Waals surface area contributed by atoms with Gasteiger partial charge in [-0.2, -0.15) is 0 Å². The van der Waals surface area contributed by atoms with E-state index in [0.717, 1.165) is 17.1 Å². The van der Waals surface area contributed by atoms with Crippen LogP contribution in [-0.2, 0) is 13.0 Å². The van der Waals surface area contributed by atoms with Crippen LogP contribution in [0.1, 0.15) is 16.1 Å². The van der Waals surface area contributed by atoms with E-state index in [4.69, 9.17) is 0 Å². The number of fused-ring (bicyclic) bond motifs is 2. The lowest BCUT2D eigenvalue weighted by Crippen LogP contribution is -1.90. The Morgan fingerprint density at radius 1 is 1.10 bits per heavy atom. The van der Waals surface area contributed by atoms with Crippen molar-refractivity contribution in [3.05, 3.63) is 71.0 Å². The second-order valence-corrected chi connectivity index (χ2v) is 6.17. The number of thiazole rings is 1. The fourth-order valence-electron chi connectivity index (χ4n) is 2.71. The van der Waals surface area contributed by atoms with Crippen LogP contribution in [0.5, 0.6) is 0 Å². The van der Waals surface area contributed by atoms with E-state index in [1.54, 1.807) is 17.5 Å². The van der Waals surface area contributed by atoms with E-state index in [9.17, 15) is 5.11 Å². The molecule has 0 aliphatic heterocycles. The third-order valence-corrected chi connectivity index (χ3v) is 4.74. The molecule has 3 nitrogen and oxygen atoms in total. The number of hydrogen-bond donors (Lipinski definition) is 1. The highest BCUT2D eigenvalue weighted by Gasteiger charge is 2.09. The molecule has 2 aromatic carbocycles. The normalized spacial score (nSPS) is 11.5. The van der Waals surface area contributed by atoms with Crippen molar-refractivity contribution in [2.75, 3.05) is 0 Å². The van der Waals surface area contributed by atoms with E-state index < -0.39 is 0 Å². The van der Waals surface area contributed by atoms with Crippen molar-refractivity contribution in [3.63, 3.8) is 0 Å². The Balaban J connectivity index is 1.77. The van der Waals surface area contributed by atoms with Gasteiger partial charge in [0.2, 0.25) is 0 Å². The minimum absolute atomic E-state index is 0.0195. The fourth-order valence-corrected chi connectivity index (χ4v) is 3.71. The minimum atomic E-state index is 0.0195. The molecule has 4 rings (SSSR count). The van der Waals surface area contributed by atoms with Gasteiger partial charge in [0.1, 0.15) is 0 Å². The summed E-state index contributed by atoms with van der Waals surface area (Å²) in [7, 11) is 0. The molecule has 0 unspecified atom stereocenters. The van der Waals surface area contributed by atoms with Gasteiger partial charge >= 0.3 is 0 Å². The summed E-state index contributed by atoms with van der Waals surface area (Å²) in [4.78, 5) is 6.53. The molecule has 0 radical (unpaired) electrons. The number of aromatic nitrogens is 2. The highest BCUT2D eigenvalue weighted by Crippen LogP contribution is 2.25. The Morgan fingerprint density at radius 3 is 2.86 bits per heavy atom. The van der Waals surface area contributed by atoms with Gasteiger partial charge in [0.05, 0.1) is 18.5 Å². The molecule has 21 heavy (non-hydrogen) atoms. The van der Waals surface area contributed by atoms with Crippen molar-refractivity contribution in [1.29, 1.82) is 0 Å². The van der Waals surface area contributed by atoms with E-state index >= 15 is 0 Å². The predicted molar refractivity (Wildman–Crippen MR) is 85.7 cm³/mol. The first-order valence-corrected chi connectivity index (χ1v) is 7.69. The van der Waals surface area contributed by atoms with Gasteiger partial charge in [0, 0.05) is 17.5 Å². The van der Waals surface area contributed by atoms with Crippen LogP contribution in [0.15, 0.2) is 54.9 Å². The third kappa shape index (κ3) is 2.13. The molecule has 4 aromatic rings. The van der Waals surface area contributed by atoms with Gasteiger partial charge in [-0.05, 0) is 16.3 Å². The zero-order chi connectivity index (χ0) is 14.2. The Labute approximate surface area is 126 Å². The average Bonchev–Trinajstić information content (AvgIpc) is 3.07. The van der Waals surface area contributed by atoms with Gasteiger partial charge in [0.25, 0.3) is 0 Å². The second-order valence-electron chi connectivity index (χ2n) is 5.07. The maximum Gasteiger partial charge on any atom is 0.194 e. The van der Waals surface area contributed by atoms with Crippen molar-refractivity contribution in [2.45, 2.75) is 13.0 Å². The molecular formula is C17H14N2OS. The van der Waals surface area contributed by atoms with Crippen molar-refractivity contribution < 1.29 is 5.11 Å². The molecule has 0 atom stereocenters. The summed E-state index contributed by atoms with van der Waals surface area (Å²) in [6.07, 6.45) is 4.70. The van der Waals surface area contributed by atoms with E-state index in [2.05, 4.69) is 53.6 Å². The van der Waals surface area contributed by atoms with Crippen molar-refractivity contribution >= 4 is 27.1 Å². The zero-order valence-corrected chi connectivity index (χ0v) is 12.2. The maximum atomic E-state index is 9.31. The van der Waals surface area contributed by atoms with Gasteiger partial charge in [0.15, 0.2) is 4.96 Å². The fraction of sp³-hybridized carbons (Fsp3) is 0.118. The number of nitrogens with zero attached hydrogens (tertiary/aromatic N) is 2. The standard InChI is InChI=1S/C17H14N2OS/c20-11-14-9-18-17-19(14)10-15(21-17)8-13-6-3-5-12-4-1-2-7-16(12)13/h1-7,9-10,20H,8,11H2. The molecule has 0 aliphatic carbocycles. The van der Waals surface area contributed by atoms with E-state index in [1.165, 1.54) is 21.2 Å². The predicted octanol–water partition coefficient (Wildman–Crippen LogP) is 3.63. The molecule has 1 N–H and O–H groups in total. The lowest BCUT2D eigenvalue weighted by molar-refractivity contribution is 0.276. The largest absolute Gasteiger partial charge is 0.390 e. The second kappa shape index (κ2) is 4.98. The summed E-state index contributed by atoms with van der Waals surface area (Å²) in [6, 6.07) is 14.9. The summed E-state index contributed by atoms with van der Waals surface area (Å²) < 4.78 is 1.98. The number of imidazole rings is 1. The first kappa shape index (κ1) is 12.6. The molecule has 0 fully saturated rings. The van der Waals surface area contributed by atoms with Gasteiger partial charge in [-0.1, -0.05) is 42.5 Å². The first-order valence-electron chi connectivity index (χ1n) is 6.87. The number of benzene rings is 2. The first-order chi connectivity index (χ1) is 10.3. The van der Waals surface area contributed by atoms with Crippen LogP contribution < -0.4 is 0 Å². The van der Waals surface area contributed by atoms with Crippen LogP contribution in [0.3, 0.4) is 0 Å². The molecule has 2 aromatic heterocycles. The number of hydrogen-bond acceptors (Lipinski definition) is 3. The summed E-state index contributed by atoms with van der Waals surface area (Å²) in [6.45, 7) is 0.0195. The quantitative estimate of drug-likeness (QED) is 0.626. The van der Waals surface area contributed by atoms with Gasteiger partial charge in [-0.3, -0.25) is 4.40 Å². The van der Waals surface area contributed by atoms with Crippen molar-refractivity contribution in [3.8, 4) is 0 Å².